The number of methoxy groups -OCH3 is 1. The second-order valence-electron chi connectivity index (χ2n) is 7.15. The lowest BCUT2D eigenvalue weighted by Gasteiger charge is -2.35. The number of ether oxygens (including phenoxy) is 1. The van der Waals surface area contributed by atoms with Gasteiger partial charge in [0.1, 0.15) is 5.75 Å². The Morgan fingerprint density at radius 2 is 2.07 bits per heavy atom. The Kier molecular flexibility index (Phi) is 4.60. The van der Waals surface area contributed by atoms with Gasteiger partial charge in [0.25, 0.3) is 5.91 Å². The largest absolute Gasteiger partial charge is 0.497 e. The zero-order valence-electron chi connectivity index (χ0n) is 16.2. The van der Waals surface area contributed by atoms with Crippen LogP contribution in [0.1, 0.15) is 37.4 Å². The molecule has 1 amide bonds. The predicted octanol–water partition coefficient (Wildman–Crippen LogP) is 5.46. The van der Waals surface area contributed by atoms with Gasteiger partial charge in [0.05, 0.1) is 29.9 Å². The van der Waals surface area contributed by atoms with Gasteiger partial charge in [0.15, 0.2) is 0 Å². The number of hydrogen-bond donors (Lipinski definition) is 0. The molecular formula is C23H20N2O2S2. The quantitative estimate of drug-likeness (QED) is 0.442. The van der Waals surface area contributed by atoms with Crippen molar-refractivity contribution in [3.05, 3.63) is 79.8 Å². The molecule has 6 heteroatoms. The number of pyridine rings is 1. The molecule has 0 spiro atoms. The lowest BCUT2D eigenvalue weighted by Crippen LogP contribution is -2.40. The summed E-state index contributed by atoms with van der Waals surface area (Å²) in [7, 11) is 1.65. The topological polar surface area (TPSA) is 42.4 Å². The van der Waals surface area contributed by atoms with Gasteiger partial charge >= 0.3 is 0 Å². The van der Waals surface area contributed by atoms with Crippen LogP contribution in [-0.2, 0) is 6.42 Å². The van der Waals surface area contributed by atoms with Crippen molar-refractivity contribution in [1.29, 1.82) is 0 Å². The number of amides is 1. The van der Waals surface area contributed by atoms with Crippen molar-refractivity contribution < 1.29 is 9.53 Å². The van der Waals surface area contributed by atoms with E-state index < -0.39 is 0 Å². The third kappa shape index (κ3) is 3.12. The van der Waals surface area contributed by atoms with Gasteiger partial charge in [0.2, 0.25) is 0 Å². The molecule has 1 aliphatic rings. The number of rotatable bonds is 3. The molecule has 0 saturated carbocycles. The predicted molar refractivity (Wildman–Crippen MR) is 118 cm³/mol. The number of benzene rings is 1. The van der Waals surface area contributed by atoms with Crippen molar-refractivity contribution in [2.45, 2.75) is 19.4 Å². The number of aryl methyl sites for hydroxylation is 1. The Hall–Kier alpha value is -2.70. The fourth-order valence-corrected chi connectivity index (χ4v) is 5.80. The summed E-state index contributed by atoms with van der Waals surface area (Å²) < 4.78 is 5.34. The fraction of sp³-hybridized carbons (Fsp3) is 0.217. The van der Waals surface area contributed by atoms with E-state index >= 15 is 0 Å². The van der Waals surface area contributed by atoms with Crippen LogP contribution in [0.4, 0.5) is 0 Å². The lowest BCUT2D eigenvalue weighted by molar-refractivity contribution is 0.0697. The minimum Gasteiger partial charge on any atom is -0.497 e. The van der Waals surface area contributed by atoms with E-state index in [1.807, 2.05) is 36.1 Å². The molecule has 0 aliphatic carbocycles. The Bertz CT molecular complexity index is 1200. The van der Waals surface area contributed by atoms with Crippen LogP contribution >= 0.6 is 22.7 Å². The van der Waals surface area contributed by atoms with Crippen LogP contribution in [-0.4, -0.2) is 29.4 Å². The third-order valence-electron chi connectivity index (χ3n) is 5.48. The molecule has 1 aliphatic heterocycles. The zero-order valence-corrected chi connectivity index (χ0v) is 17.8. The number of carbonyl (C=O) groups is 1. The number of thiophene rings is 2. The first-order valence-corrected chi connectivity index (χ1v) is 11.3. The second-order valence-corrected chi connectivity index (χ2v) is 9.13. The number of hydrogen-bond acceptors (Lipinski definition) is 5. The number of fused-ring (bicyclic) bond motifs is 2. The Labute approximate surface area is 177 Å². The Morgan fingerprint density at radius 1 is 1.17 bits per heavy atom. The Balaban J connectivity index is 1.60. The first kappa shape index (κ1) is 18.3. The molecule has 3 aromatic heterocycles. The van der Waals surface area contributed by atoms with Gasteiger partial charge in [-0.2, -0.15) is 0 Å². The van der Waals surface area contributed by atoms with Crippen LogP contribution in [0.3, 0.4) is 0 Å². The Morgan fingerprint density at radius 3 is 2.86 bits per heavy atom. The molecular weight excluding hydrogens is 400 g/mol. The summed E-state index contributed by atoms with van der Waals surface area (Å²) >= 11 is 3.49. The van der Waals surface area contributed by atoms with Gasteiger partial charge in [-0.25, -0.2) is 0 Å². The van der Waals surface area contributed by atoms with Crippen LogP contribution in [0.5, 0.6) is 5.75 Å². The number of aromatic nitrogens is 1. The van der Waals surface area contributed by atoms with Crippen molar-refractivity contribution in [2.24, 2.45) is 0 Å². The molecule has 0 saturated heterocycles. The highest BCUT2D eigenvalue weighted by atomic mass is 32.1. The van der Waals surface area contributed by atoms with E-state index in [-0.39, 0.29) is 11.9 Å². The molecule has 0 fully saturated rings. The molecule has 4 aromatic rings. The smallest absolute Gasteiger partial charge is 0.256 e. The molecule has 1 aromatic carbocycles. The van der Waals surface area contributed by atoms with E-state index in [0.717, 1.165) is 28.8 Å². The van der Waals surface area contributed by atoms with Crippen LogP contribution in [0.25, 0.3) is 10.9 Å². The first-order valence-electron chi connectivity index (χ1n) is 9.52. The summed E-state index contributed by atoms with van der Waals surface area (Å²) in [6, 6.07) is 14.0. The van der Waals surface area contributed by atoms with E-state index in [1.54, 1.807) is 29.8 Å². The molecule has 0 radical (unpaired) electrons. The van der Waals surface area contributed by atoms with Crippen LogP contribution < -0.4 is 4.74 Å². The summed E-state index contributed by atoms with van der Waals surface area (Å²) in [6.07, 6.45) is 0.897. The van der Waals surface area contributed by atoms with Crippen LogP contribution in [0.2, 0.25) is 0 Å². The summed E-state index contributed by atoms with van der Waals surface area (Å²) in [5.41, 5.74) is 3.54. The zero-order chi connectivity index (χ0) is 20.0. The van der Waals surface area contributed by atoms with Crippen molar-refractivity contribution in [2.75, 3.05) is 13.7 Å². The molecule has 0 bridgehead atoms. The van der Waals surface area contributed by atoms with Crippen molar-refractivity contribution in [3.8, 4) is 5.75 Å². The minimum atomic E-state index is -0.0297. The molecule has 4 nitrogen and oxygen atoms in total. The molecule has 4 heterocycles. The van der Waals surface area contributed by atoms with E-state index in [0.29, 0.717) is 12.1 Å². The van der Waals surface area contributed by atoms with E-state index in [2.05, 4.69) is 29.0 Å². The van der Waals surface area contributed by atoms with E-state index in [1.165, 1.54) is 15.3 Å². The van der Waals surface area contributed by atoms with Gasteiger partial charge in [-0.1, -0.05) is 6.07 Å². The highest BCUT2D eigenvalue weighted by Gasteiger charge is 2.34. The minimum absolute atomic E-state index is 0.0297. The lowest BCUT2D eigenvalue weighted by atomic mass is 9.97. The standard InChI is InChI=1S/C23H20N2O2S2/c1-14-18(13-15-12-16(27-2)5-6-19(15)24-14)23(26)25-9-7-20-17(8-11-29-20)22(25)21-4-3-10-28-21/h3-6,8,10-13,22H,7,9H2,1-2H3. The monoisotopic (exact) mass is 420 g/mol. The van der Waals surface area contributed by atoms with E-state index in [4.69, 9.17) is 9.72 Å². The van der Waals surface area contributed by atoms with Crippen LogP contribution in [0, 0.1) is 6.92 Å². The van der Waals surface area contributed by atoms with Crippen LogP contribution in [0.15, 0.2) is 53.2 Å². The fourth-order valence-electron chi connectivity index (χ4n) is 4.04. The molecule has 29 heavy (non-hydrogen) atoms. The van der Waals surface area contributed by atoms with Gasteiger partial charge in [-0.15, -0.1) is 22.7 Å². The second kappa shape index (κ2) is 7.28. The maximum Gasteiger partial charge on any atom is 0.256 e. The highest BCUT2D eigenvalue weighted by Crippen LogP contribution is 2.40. The average Bonchev–Trinajstić information content (AvgIpc) is 3.43. The highest BCUT2D eigenvalue weighted by molar-refractivity contribution is 7.10. The van der Waals surface area contributed by atoms with Gasteiger partial charge in [0, 0.05) is 21.7 Å². The summed E-state index contributed by atoms with van der Waals surface area (Å²) in [5.74, 6) is 0.800. The van der Waals surface area contributed by atoms with Gasteiger partial charge in [-0.05, 0) is 66.1 Å². The first-order chi connectivity index (χ1) is 14.2. The van der Waals surface area contributed by atoms with Crippen molar-refractivity contribution in [3.63, 3.8) is 0 Å². The molecule has 0 N–H and O–H groups in total. The SMILES string of the molecule is COc1ccc2nc(C)c(C(=O)N3CCc4sccc4C3c3cccs3)cc2c1. The average molecular weight is 421 g/mol. The maximum atomic E-state index is 13.7. The number of nitrogens with zero attached hydrogens (tertiary/aromatic N) is 2. The number of carbonyl (C=O) groups excluding carboxylic acids is 1. The summed E-state index contributed by atoms with van der Waals surface area (Å²) in [5, 5.41) is 5.13. The summed E-state index contributed by atoms with van der Waals surface area (Å²) in [4.78, 5) is 23.0. The molecule has 1 unspecified atom stereocenters. The molecule has 1 atom stereocenters. The van der Waals surface area contributed by atoms with Gasteiger partial charge < -0.3 is 9.64 Å². The molecule has 5 rings (SSSR count). The van der Waals surface area contributed by atoms with Crippen molar-refractivity contribution in [1.82, 2.24) is 9.88 Å². The molecule has 146 valence electrons. The third-order valence-corrected chi connectivity index (χ3v) is 7.40. The maximum absolute atomic E-state index is 13.7. The summed E-state index contributed by atoms with van der Waals surface area (Å²) in [6.45, 7) is 2.63. The van der Waals surface area contributed by atoms with Gasteiger partial charge in [-0.3, -0.25) is 9.78 Å². The van der Waals surface area contributed by atoms with Crippen molar-refractivity contribution >= 4 is 39.5 Å². The normalized spacial score (nSPS) is 16.1. The van der Waals surface area contributed by atoms with E-state index in [9.17, 15) is 4.79 Å².